The third-order valence-corrected chi connectivity index (χ3v) is 3.71. The summed E-state index contributed by atoms with van der Waals surface area (Å²) >= 11 is 5.99. The van der Waals surface area contributed by atoms with E-state index in [1.165, 1.54) is 6.92 Å². The number of carbonyl (C=O) groups excluding carboxylic acids is 1. The first kappa shape index (κ1) is 17.5. The van der Waals surface area contributed by atoms with E-state index in [4.69, 9.17) is 11.6 Å². The minimum absolute atomic E-state index is 0.125. The predicted octanol–water partition coefficient (Wildman–Crippen LogP) is 2.06. The zero-order valence-corrected chi connectivity index (χ0v) is 13.3. The van der Waals surface area contributed by atoms with E-state index in [0.29, 0.717) is 24.7 Å². The van der Waals surface area contributed by atoms with Crippen molar-refractivity contribution in [1.29, 1.82) is 0 Å². The third kappa shape index (κ3) is 5.73. The first-order chi connectivity index (χ1) is 9.81. The summed E-state index contributed by atoms with van der Waals surface area (Å²) in [6.07, 6.45) is 0. The molecule has 1 rings (SSSR count). The van der Waals surface area contributed by atoms with Crippen LogP contribution in [0.25, 0.3) is 0 Å². The molecule has 6 heteroatoms. The molecule has 0 saturated heterocycles. The molecule has 5 nitrogen and oxygen atoms in total. The molecular weight excluding hydrogens is 292 g/mol. The number of nitrogens with zero attached hydrogens (tertiary/aromatic N) is 1. The molecule has 0 aromatic heterocycles. The quantitative estimate of drug-likeness (QED) is 0.808. The Morgan fingerprint density at radius 1 is 1.43 bits per heavy atom. The molecule has 116 valence electrons. The minimum atomic E-state index is -0.886. The number of carboxylic acid groups (broad SMARTS) is 1. The van der Waals surface area contributed by atoms with Crippen molar-refractivity contribution in [2.75, 3.05) is 13.1 Å². The van der Waals surface area contributed by atoms with Crippen LogP contribution in [0.3, 0.4) is 0 Å². The normalized spacial score (nSPS) is 12.2. The lowest BCUT2D eigenvalue weighted by Crippen LogP contribution is -2.42. The minimum Gasteiger partial charge on any atom is -0.480 e. The van der Waals surface area contributed by atoms with E-state index in [2.05, 4.69) is 5.32 Å². The smallest absolute Gasteiger partial charge is 0.320 e. The Morgan fingerprint density at radius 3 is 2.62 bits per heavy atom. The maximum atomic E-state index is 11.2. The van der Waals surface area contributed by atoms with Crippen LogP contribution in [0.1, 0.15) is 25.0 Å². The van der Waals surface area contributed by atoms with Gasteiger partial charge < -0.3 is 10.4 Å². The summed E-state index contributed by atoms with van der Waals surface area (Å²) in [4.78, 5) is 23.9. The van der Waals surface area contributed by atoms with Gasteiger partial charge in [-0.05, 0) is 31.0 Å². The van der Waals surface area contributed by atoms with Gasteiger partial charge >= 0.3 is 5.97 Å². The number of hydrogen-bond donors (Lipinski definition) is 2. The number of aliphatic carboxylic acids is 1. The Balaban J connectivity index is 2.77. The summed E-state index contributed by atoms with van der Waals surface area (Å²) in [5.41, 5.74) is 1.95. The summed E-state index contributed by atoms with van der Waals surface area (Å²) in [5, 5.41) is 12.6. The number of benzene rings is 1. The van der Waals surface area contributed by atoms with Crippen molar-refractivity contribution in [2.45, 2.75) is 33.4 Å². The van der Waals surface area contributed by atoms with Crippen LogP contribution in [-0.4, -0.2) is 41.0 Å². The Bertz CT molecular complexity index is 520. The fraction of sp³-hybridized carbons (Fsp3) is 0.467. The van der Waals surface area contributed by atoms with Gasteiger partial charge in [0.2, 0.25) is 5.91 Å². The van der Waals surface area contributed by atoms with Gasteiger partial charge in [-0.2, -0.15) is 0 Å². The second-order valence-corrected chi connectivity index (χ2v) is 5.46. The Morgan fingerprint density at radius 2 is 2.10 bits per heavy atom. The van der Waals surface area contributed by atoms with E-state index >= 15 is 0 Å². The fourth-order valence-corrected chi connectivity index (χ4v) is 2.10. The highest BCUT2D eigenvalue weighted by Crippen LogP contribution is 2.18. The molecule has 0 saturated carbocycles. The molecule has 2 N–H and O–H groups in total. The van der Waals surface area contributed by atoms with Gasteiger partial charge in [0.05, 0.1) is 0 Å². The lowest BCUT2D eigenvalue weighted by atomic mass is 10.1. The van der Waals surface area contributed by atoms with E-state index in [0.717, 1.165) is 11.1 Å². The number of carbonyl (C=O) groups is 2. The van der Waals surface area contributed by atoms with E-state index in [-0.39, 0.29) is 5.91 Å². The molecule has 0 aliphatic heterocycles. The first-order valence-corrected chi connectivity index (χ1v) is 7.15. The fourth-order valence-electron chi connectivity index (χ4n) is 1.98. The van der Waals surface area contributed by atoms with Crippen LogP contribution in [0.5, 0.6) is 0 Å². The van der Waals surface area contributed by atoms with Gasteiger partial charge in [-0.3, -0.25) is 14.5 Å². The van der Waals surface area contributed by atoms with Crippen molar-refractivity contribution < 1.29 is 14.7 Å². The number of hydrogen-bond acceptors (Lipinski definition) is 3. The zero-order valence-electron chi connectivity index (χ0n) is 12.5. The van der Waals surface area contributed by atoms with Crippen molar-refractivity contribution in [3.63, 3.8) is 0 Å². The average Bonchev–Trinajstić information content (AvgIpc) is 2.40. The second kappa shape index (κ2) is 8.00. The van der Waals surface area contributed by atoms with Crippen LogP contribution in [0.15, 0.2) is 18.2 Å². The van der Waals surface area contributed by atoms with Crippen molar-refractivity contribution in [3.05, 3.63) is 34.3 Å². The Kier molecular flexibility index (Phi) is 6.65. The number of rotatable bonds is 7. The molecule has 0 heterocycles. The maximum Gasteiger partial charge on any atom is 0.320 e. The van der Waals surface area contributed by atoms with Gasteiger partial charge in [0.15, 0.2) is 0 Å². The van der Waals surface area contributed by atoms with Crippen LogP contribution in [0.2, 0.25) is 5.02 Å². The SMILES string of the molecule is CC(=O)NCCN(Cc1ccc(Cl)c(C)c1)C(C)C(=O)O. The number of carboxylic acids is 1. The highest BCUT2D eigenvalue weighted by atomic mass is 35.5. The van der Waals surface area contributed by atoms with Gasteiger partial charge in [0.1, 0.15) is 6.04 Å². The topological polar surface area (TPSA) is 69.6 Å². The Hall–Kier alpha value is -1.59. The molecule has 1 amide bonds. The Labute approximate surface area is 129 Å². The van der Waals surface area contributed by atoms with Crippen molar-refractivity contribution in [1.82, 2.24) is 10.2 Å². The molecule has 0 aliphatic carbocycles. The van der Waals surface area contributed by atoms with Crippen molar-refractivity contribution >= 4 is 23.5 Å². The van der Waals surface area contributed by atoms with Gasteiger partial charge in [-0.1, -0.05) is 23.7 Å². The molecule has 21 heavy (non-hydrogen) atoms. The number of aryl methyl sites for hydroxylation is 1. The van der Waals surface area contributed by atoms with Gasteiger partial charge in [0, 0.05) is 31.6 Å². The average molecular weight is 313 g/mol. The second-order valence-electron chi connectivity index (χ2n) is 5.05. The van der Waals surface area contributed by atoms with Gasteiger partial charge in [0.25, 0.3) is 0 Å². The first-order valence-electron chi connectivity index (χ1n) is 6.77. The standard InChI is InChI=1S/C15H21ClN2O3/c1-10-8-13(4-5-14(10)16)9-18(11(2)15(20)21)7-6-17-12(3)19/h4-5,8,11H,6-7,9H2,1-3H3,(H,17,19)(H,20,21). The molecule has 1 aromatic rings. The van der Waals surface area contributed by atoms with E-state index in [9.17, 15) is 14.7 Å². The lowest BCUT2D eigenvalue weighted by molar-refractivity contribution is -0.142. The summed E-state index contributed by atoms with van der Waals surface area (Å²) < 4.78 is 0. The molecule has 0 spiro atoms. The highest BCUT2D eigenvalue weighted by molar-refractivity contribution is 6.31. The number of amides is 1. The van der Waals surface area contributed by atoms with E-state index in [1.54, 1.807) is 11.8 Å². The van der Waals surface area contributed by atoms with Crippen LogP contribution in [0.4, 0.5) is 0 Å². The maximum absolute atomic E-state index is 11.2. The van der Waals surface area contributed by atoms with Crippen molar-refractivity contribution in [2.24, 2.45) is 0 Å². The van der Waals surface area contributed by atoms with Gasteiger partial charge in [-0.15, -0.1) is 0 Å². The molecule has 0 radical (unpaired) electrons. The molecule has 1 atom stereocenters. The molecule has 0 fully saturated rings. The van der Waals surface area contributed by atoms with Crippen LogP contribution in [-0.2, 0) is 16.1 Å². The lowest BCUT2D eigenvalue weighted by Gasteiger charge is -2.26. The molecule has 0 bridgehead atoms. The largest absolute Gasteiger partial charge is 0.480 e. The van der Waals surface area contributed by atoms with Crippen molar-refractivity contribution in [3.8, 4) is 0 Å². The third-order valence-electron chi connectivity index (χ3n) is 3.29. The monoisotopic (exact) mass is 312 g/mol. The molecule has 1 unspecified atom stereocenters. The summed E-state index contributed by atoms with van der Waals surface area (Å²) in [6, 6.07) is 5.01. The predicted molar refractivity (Wildman–Crippen MR) is 82.4 cm³/mol. The summed E-state index contributed by atoms with van der Waals surface area (Å²) in [5.74, 6) is -1.01. The number of nitrogens with one attached hydrogen (secondary N) is 1. The molecule has 0 aliphatic rings. The van der Waals surface area contributed by atoms with Crippen LogP contribution in [0, 0.1) is 6.92 Å². The number of halogens is 1. The van der Waals surface area contributed by atoms with Crippen LogP contribution < -0.4 is 5.32 Å². The van der Waals surface area contributed by atoms with Gasteiger partial charge in [-0.25, -0.2) is 0 Å². The summed E-state index contributed by atoms with van der Waals surface area (Å²) in [6.45, 7) is 6.36. The summed E-state index contributed by atoms with van der Waals surface area (Å²) in [7, 11) is 0. The molecular formula is C15H21ClN2O3. The zero-order chi connectivity index (χ0) is 16.0. The molecule has 1 aromatic carbocycles. The van der Waals surface area contributed by atoms with Crippen LogP contribution >= 0.6 is 11.6 Å². The van der Waals surface area contributed by atoms with E-state index in [1.807, 2.05) is 25.1 Å². The highest BCUT2D eigenvalue weighted by Gasteiger charge is 2.20. The van der Waals surface area contributed by atoms with E-state index < -0.39 is 12.0 Å².